The molecule has 0 radical (unpaired) electrons. The Balaban J connectivity index is 3.09. The maximum Gasteiger partial charge on any atom is 0.202 e. The summed E-state index contributed by atoms with van der Waals surface area (Å²) in [6.45, 7) is -0.232. The Morgan fingerprint density at radius 1 is 1.43 bits per heavy atom. The Labute approximate surface area is 80.2 Å². The van der Waals surface area contributed by atoms with Crippen LogP contribution in [-0.4, -0.2) is 16.2 Å². The Bertz CT molecular complexity index is 409. The van der Waals surface area contributed by atoms with Gasteiger partial charge in [-0.05, 0) is 6.42 Å². The summed E-state index contributed by atoms with van der Waals surface area (Å²) in [6, 6.07) is 3.58. The van der Waals surface area contributed by atoms with Crippen molar-refractivity contribution >= 4 is 5.95 Å². The van der Waals surface area contributed by atoms with Crippen LogP contribution in [0.15, 0.2) is 0 Å². The highest BCUT2D eigenvalue weighted by atomic mass is 19.1. The van der Waals surface area contributed by atoms with Gasteiger partial charge in [-0.2, -0.15) is 10.5 Å². The molecule has 0 fully saturated rings. The van der Waals surface area contributed by atoms with Gasteiger partial charge in [-0.25, -0.2) is 4.98 Å². The normalized spacial score (nSPS) is 9.36. The highest BCUT2D eigenvalue weighted by Crippen LogP contribution is 2.12. The van der Waals surface area contributed by atoms with E-state index in [1.807, 2.05) is 6.07 Å². The van der Waals surface area contributed by atoms with E-state index in [9.17, 15) is 4.39 Å². The molecule has 1 rings (SSSR count). The lowest BCUT2D eigenvalue weighted by Gasteiger charge is -2.02. The number of anilines is 1. The third kappa shape index (κ3) is 1.64. The lowest BCUT2D eigenvalue weighted by atomic mass is 10.3. The van der Waals surface area contributed by atoms with E-state index in [1.54, 1.807) is 6.07 Å². The van der Waals surface area contributed by atoms with E-state index in [-0.39, 0.29) is 30.3 Å². The van der Waals surface area contributed by atoms with Crippen LogP contribution in [-0.2, 0) is 6.54 Å². The van der Waals surface area contributed by atoms with Crippen LogP contribution in [0.25, 0.3) is 0 Å². The van der Waals surface area contributed by atoms with Gasteiger partial charge in [0.15, 0.2) is 11.4 Å². The fraction of sp³-hybridized carbons (Fsp3) is 0.375. The van der Waals surface area contributed by atoms with E-state index >= 15 is 0 Å². The molecule has 2 N–H and O–H groups in total. The number of nitrogens with zero attached hydrogens (tertiary/aromatic N) is 4. The molecule has 0 atom stereocenters. The summed E-state index contributed by atoms with van der Waals surface area (Å²) in [5, 5.41) is 17.3. The minimum absolute atomic E-state index is 0.0103. The summed E-state index contributed by atoms with van der Waals surface area (Å²) < 4.78 is 13.3. The molecule has 0 aliphatic carbocycles. The molecule has 0 aliphatic heterocycles. The first kappa shape index (κ1) is 10.0. The molecular weight excluding hydrogens is 185 g/mol. The van der Waals surface area contributed by atoms with Gasteiger partial charge < -0.3 is 10.3 Å². The average molecular weight is 193 g/mol. The summed E-state index contributed by atoms with van der Waals surface area (Å²) >= 11 is 0. The van der Waals surface area contributed by atoms with E-state index in [0.29, 0.717) is 0 Å². The van der Waals surface area contributed by atoms with Crippen LogP contribution in [0.1, 0.15) is 17.8 Å². The number of nitrogens with two attached hydrogens (primary N) is 1. The predicted molar refractivity (Wildman–Crippen MR) is 46.7 cm³/mol. The summed E-state index contributed by atoms with van der Waals surface area (Å²) in [4.78, 5) is 3.69. The molecule has 0 spiro atoms. The molecule has 14 heavy (non-hydrogen) atoms. The fourth-order valence-corrected chi connectivity index (χ4v) is 1.11. The molecule has 6 heteroatoms. The standard InChI is InChI=1S/C8H8FN5/c9-2-1-3-14-7(5-11)6(4-10)13-8(14)12/h1-3H2,(H2,12,13). The van der Waals surface area contributed by atoms with E-state index in [4.69, 9.17) is 16.3 Å². The number of nitriles is 2. The SMILES string of the molecule is N#Cc1nc(N)n(CCCF)c1C#N. The van der Waals surface area contributed by atoms with Crippen molar-refractivity contribution in [3.8, 4) is 12.1 Å². The summed E-state index contributed by atoms with van der Waals surface area (Å²) in [5.41, 5.74) is 5.55. The van der Waals surface area contributed by atoms with Gasteiger partial charge in [0.25, 0.3) is 0 Å². The van der Waals surface area contributed by atoms with Crippen LogP contribution < -0.4 is 5.73 Å². The van der Waals surface area contributed by atoms with E-state index in [0.717, 1.165) is 0 Å². The first-order valence-electron chi connectivity index (χ1n) is 3.96. The molecular formula is C8H8FN5. The molecule has 1 aromatic rings. The van der Waals surface area contributed by atoms with Crippen molar-refractivity contribution in [1.29, 1.82) is 10.5 Å². The second-order valence-corrected chi connectivity index (χ2v) is 2.58. The number of hydrogen-bond acceptors (Lipinski definition) is 4. The largest absolute Gasteiger partial charge is 0.369 e. The molecule has 1 heterocycles. The van der Waals surface area contributed by atoms with Crippen LogP contribution in [0.4, 0.5) is 10.3 Å². The average Bonchev–Trinajstić information content (AvgIpc) is 2.51. The van der Waals surface area contributed by atoms with Crippen molar-refractivity contribution in [2.45, 2.75) is 13.0 Å². The van der Waals surface area contributed by atoms with Crippen molar-refractivity contribution in [1.82, 2.24) is 9.55 Å². The number of hydrogen-bond donors (Lipinski definition) is 1. The van der Waals surface area contributed by atoms with Gasteiger partial charge in [0.1, 0.15) is 12.1 Å². The summed E-state index contributed by atoms with van der Waals surface area (Å²) in [6.07, 6.45) is 0.250. The van der Waals surface area contributed by atoms with Crippen molar-refractivity contribution in [3.05, 3.63) is 11.4 Å². The Hall–Kier alpha value is -2.08. The molecule has 0 aromatic carbocycles. The quantitative estimate of drug-likeness (QED) is 0.759. The minimum Gasteiger partial charge on any atom is -0.369 e. The van der Waals surface area contributed by atoms with Crippen LogP contribution >= 0.6 is 0 Å². The van der Waals surface area contributed by atoms with Gasteiger partial charge >= 0.3 is 0 Å². The molecule has 0 amide bonds. The zero-order valence-corrected chi connectivity index (χ0v) is 7.37. The first-order valence-corrected chi connectivity index (χ1v) is 3.96. The second-order valence-electron chi connectivity index (χ2n) is 2.58. The van der Waals surface area contributed by atoms with Crippen molar-refractivity contribution in [3.63, 3.8) is 0 Å². The number of alkyl halides is 1. The highest BCUT2D eigenvalue weighted by Gasteiger charge is 2.13. The van der Waals surface area contributed by atoms with Crippen LogP contribution in [0.2, 0.25) is 0 Å². The molecule has 0 unspecified atom stereocenters. The molecule has 1 aromatic heterocycles. The highest BCUT2D eigenvalue weighted by molar-refractivity contribution is 5.43. The van der Waals surface area contributed by atoms with Gasteiger partial charge in [0.2, 0.25) is 5.95 Å². The van der Waals surface area contributed by atoms with Crippen molar-refractivity contribution < 1.29 is 4.39 Å². The van der Waals surface area contributed by atoms with E-state index in [2.05, 4.69) is 4.98 Å². The van der Waals surface area contributed by atoms with Gasteiger partial charge in [-0.15, -0.1) is 0 Å². The Morgan fingerprint density at radius 2 is 2.14 bits per heavy atom. The third-order valence-corrected chi connectivity index (χ3v) is 1.72. The fourth-order valence-electron chi connectivity index (χ4n) is 1.11. The van der Waals surface area contributed by atoms with Gasteiger partial charge in [0.05, 0.1) is 6.67 Å². The topological polar surface area (TPSA) is 91.4 Å². The Morgan fingerprint density at radius 3 is 2.64 bits per heavy atom. The number of rotatable bonds is 3. The van der Waals surface area contributed by atoms with Crippen LogP contribution in [0, 0.1) is 22.7 Å². The van der Waals surface area contributed by atoms with Gasteiger partial charge in [0, 0.05) is 6.54 Å². The molecule has 72 valence electrons. The maximum absolute atomic E-state index is 11.9. The lowest BCUT2D eigenvalue weighted by molar-refractivity contribution is 0.447. The number of nitrogen functional groups attached to an aromatic ring is 1. The third-order valence-electron chi connectivity index (χ3n) is 1.72. The predicted octanol–water partition coefficient (Wildman–Crippen LogP) is 0.568. The number of halogens is 1. The van der Waals surface area contributed by atoms with E-state index in [1.165, 1.54) is 4.57 Å². The minimum atomic E-state index is -0.496. The smallest absolute Gasteiger partial charge is 0.202 e. The second kappa shape index (κ2) is 4.24. The monoisotopic (exact) mass is 193 g/mol. The molecule has 5 nitrogen and oxygen atoms in total. The number of aromatic nitrogens is 2. The molecule has 0 saturated carbocycles. The summed E-state index contributed by atoms with van der Waals surface area (Å²) in [7, 11) is 0. The molecule has 0 saturated heterocycles. The van der Waals surface area contributed by atoms with Crippen molar-refractivity contribution in [2.24, 2.45) is 0 Å². The van der Waals surface area contributed by atoms with E-state index < -0.39 is 6.67 Å². The van der Waals surface area contributed by atoms with Crippen molar-refractivity contribution in [2.75, 3.05) is 12.4 Å². The maximum atomic E-state index is 11.9. The number of imidazole rings is 1. The van der Waals surface area contributed by atoms with Gasteiger partial charge in [-0.1, -0.05) is 0 Å². The molecule has 0 bridgehead atoms. The van der Waals surface area contributed by atoms with Gasteiger partial charge in [-0.3, -0.25) is 4.39 Å². The van der Waals surface area contributed by atoms with Crippen LogP contribution in [0.5, 0.6) is 0 Å². The Kier molecular flexibility index (Phi) is 3.03. The zero-order chi connectivity index (χ0) is 10.6. The summed E-state index contributed by atoms with van der Waals surface area (Å²) in [5.74, 6) is 0.0755. The zero-order valence-electron chi connectivity index (χ0n) is 7.37. The lowest BCUT2D eigenvalue weighted by Crippen LogP contribution is -2.06. The molecule has 0 aliphatic rings. The van der Waals surface area contributed by atoms with Crippen LogP contribution in [0.3, 0.4) is 0 Å². The first-order chi connectivity index (χ1) is 6.74.